The van der Waals surface area contributed by atoms with Crippen LogP contribution in [0.1, 0.15) is 49.9 Å². The van der Waals surface area contributed by atoms with Crippen molar-refractivity contribution in [1.82, 2.24) is 24.6 Å². The van der Waals surface area contributed by atoms with Gasteiger partial charge in [-0.3, -0.25) is 9.59 Å². The van der Waals surface area contributed by atoms with Crippen LogP contribution >= 0.6 is 22.9 Å². The van der Waals surface area contributed by atoms with E-state index in [-0.39, 0.29) is 28.8 Å². The number of halogens is 5. The molecule has 0 saturated heterocycles. The second-order valence-corrected chi connectivity index (χ2v) is 10.2. The third-order valence-electron chi connectivity index (χ3n) is 5.94. The number of thiazole rings is 1. The highest BCUT2D eigenvalue weighted by molar-refractivity contribution is 7.13. The van der Waals surface area contributed by atoms with E-state index < -0.39 is 28.6 Å². The molecule has 0 aliphatic heterocycles. The molecule has 0 bridgehead atoms. The number of rotatable bonds is 7. The van der Waals surface area contributed by atoms with Gasteiger partial charge in [0.05, 0.1) is 39.1 Å². The quantitative estimate of drug-likeness (QED) is 0.129. The van der Waals surface area contributed by atoms with E-state index in [2.05, 4.69) is 25.4 Å². The zero-order valence-electron chi connectivity index (χ0n) is 20.4. The van der Waals surface area contributed by atoms with Crippen LogP contribution in [0.4, 0.5) is 23.4 Å². The maximum absolute atomic E-state index is 13.1. The average Bonchev–Trinajstić information content (AvgIpc) is 3.57. The third-order valence-corrected chi connectivity index (χ3v) is 7.47. The van der Waals surface area contributed by atoms with Gasteiger partial charge in [0.25, 0.3) is 5.91 Å². The SMILES string of the molecule is CC(CC(=O)c1cnn2cc(-c3ccc(F)nc3)ccc12)c1ncc(C(=O)Nc2cc(C(F)(F)F)c(Cl)cn2)s1. The normalized spacial score (nSPS) is 12.4. The Morgan fingerprint density at radius 1 is 1.05 bits per heavy atom. The van der Waals surface area contributed by atoms with Crippen molar-refractivity contribution in [3.8, 4) is 11.1 Å². The van der Waals surface area contributed by atoms with Crippen molar-refractivity contribution in [1.29, 1.82) is 0 Å². The number of hydrogen-bond acceptors (Lipinski definition) is 7. The zero-order valence-corrected chi connectivity index (χ0v) is 22.0. The van der Waals surface area contributed by atoms with E-state index in [1.807, 2.05) is 0 Å². The highest BCUT2D eigenvalue weighted by Crippen LogP contribution is 2.35. The van der Waals surface area contributed by atoms with Gasteiger partial charge in [0.1, 0.15) is 10.7 Å². The number of anilines is 1. The van der Waals surface area contributed by atoms with Gasteiger partial charge in [0.2, 0.25) is 5.95 Å². The van der Waals surface area contributed by atoms with Gasteiger partial charge in [-0.2, -0.15) is 22.7 Å². The number of nitrogens with one attached hydrogen (secondary N) is 1. The minimum absolute atomic E-state index is 0.0766. The van der Waals surface area contributed by atoms with Crippen LogP contribution in [-0.4, -0.2) is 36.3 Å². The molecular formula is C26H17ClF4N6O2S. The van der Waals surface area contributed by atoms with Crippen molar-refractivity contribution in [2.45, 2.75) is 25.4 Å². The van der Waals surface area contributed by atoms with Crippen LogP contribution in [0.25, 0.3) is 16.6 Å². The number of alkyl halides is 3. The summed E-state index contributed by atoms with van der Waals surface area (Å²) >= 11 is 6.59. The van der Waals surface area contributed by atoms with Crippen LogP contribution in [0.2, 0.25) is 5.02 Å². The molecule has 5 heterocycles. The molecule has 204 valence electrons. The number of fused-ring (bicyclic) bond motifs is 1. The Kier molecular flexibility index (Phi) is 7.34. The van der Waals surface area contributed by atoms with E-state index >= 15 is 0 Å². The minimum Gasteiger partial charge on any atom is -0.306 e. The number of carbonyl (C=O) groups is 2. The summed E-state index contributed by atoms with van der Waals surface area (Å²) in [5.74, 6) is -2.14. The van der Waals surface area contributed by atoms with Crippen LogP contribution in [0.5, 0.6) is 0 Å². The summed E-state index contributed by atoms with van der Waals surface area (Å²) in [6.45, 7) is 1.78. The molecule has 5 aromatic heterocycles. The Hall–Kier alpha value is -4.23. The van der Waals surface area contributed by atoms with Crippen molar-refractivity contribution in [3.63, 3.8) is 0 Å². The minimum atomic E-state index is -4.71. The van der Waals surface area contributed by atoms with Gasteiger partial charge in [-0.25, -0.2) is 19.5 Å². The molecule has 0 aliphatic carbocycles. The Balaban J connectivity index is 1.27. The molecule has 0 aromatic carbocycles. The molecule has 0 radical (unpaired) electrons. The highest BCUT2D eigenvalue weighted by atomic mass is 35.5. The second kappa shape index (κ2) is 10.7. The van der Waals surface area contributed by atoms with Gasteiger partial charge in [0, 0.05) is 42.1 Å². The maximum atomic E-state index is 13.1. The monoisotopic (exact) mass is 588 g/mol. The fraction of sp³-hybridized carbons (Fsp3) is 0.154. The fourth-order valence-corrected chi connectivity index (χ4v) is 4.99. The molecule has 1 amide bonds. The lowest BCUT2D eigenvalue weighted by atomic mass is 10.0. The first kappa shape index (κ1) is 27.3. The smallest absolute Gasteiger partial charge is 0.306 e. The van der Waals surface area contributed by atoms with Gasteiger partial charge in [-0.1, -0.05) is 24.6 Å². The summed E-state index contributed by atoms with van der Waals surface area (Å²) in [6, 6.07) is 7.02. The van der Waals surface area contributed by atoms with E-state index in [0.29, 0.717) is 27.7 Å². The van der Waals surface area contributed by atoms with Gasteiger partial charge in [-0.05, 0) is 24.3 Å². The van der Waals surface area contributed by atoms with Crippen LogP contribution in [0.15, 0.2) is 61.3 Å². The van der Waals surface area contributed by atoms with Crippen LogP contribution in [-0.2, 0) is 6.18 Å². The molecule has 0 saturated carbocycles. The Morgan fingerprint density at radius 3 is 2.55 bits per heavy atom. The first-order chi connectivity index (χ1) is 19.0. The summed E-state index contributed by atoms with van der Waals surface area (Å²) in [5.41, 5.74) is 1.31. The number of nitrogens with zero attached hydrogens (tertiary/aromatic N) is 5. The number of aromatic nitrogens is 5. The summed E-state index contributed by atoms with van der Waals surface area (Å²) in [6.07, 6.45) is 2.05. The molecule has 5 aromatic rings. The third kappa shape index (κ3) is 5.70. The molecule has 0 aliphatic rings. The van der Waals surface area contributed by atoms with E-state index in [1.54, 1.807) is 35.8 Å². The van der Waals surface area contributed by atoms with Crippen LogP contribution in [0.3, 0.4) is 0 Å². The van der Waals surface area contributed by atoms with E-state index in [0.717, 1.165) is 23.1 Å². The number of carbonyl (C=O) groups excluding carboxylic acids is 2. The highest BCUT2D eigenvalue weighted by Gasteiger charge is 2.34. The van der Waals surface area contributed by atoms with Crippen LogP contribution in [0, 0.1) is 5.95 Å². The molecule has 1 unspecified atom stereocenters. The molecule has 0 fully saturated rings. The Morgan fingerprint density at radius 2 is 1.82 bits per heavy atom. The van der Waals surface area contributed by atoms with Gasteiger partial charge in [0.15, 0.2) is 5.78 Å². The summed E-state index contributed by atoms with van der Waals surface area (Å²) in [4.78, 5) is 37.4. The van der Waals surface area contributed by atoms with Gasteiger partial charge < -0.3 is 5.32 Å². The predicted octanol–water partition coefficient (Wildman–Crippen LogP) is 6.69. The van der Waals surface area contributed by atoms with Crippen LogP contribution < -0.4 is 5.32 Å². The lowest BCUT2D eigenvalue weighted by Gasteiger charge is -2.10. The standard InChI is InChI=1S/C26H17ClF4N6O2S/c1-13(25-34-11-21(40-25)24(39)36-23-7-17(26(29,30)31)18(27)10-33-23)6-20(38)16-9-35-37-12-15(2-4-19(16)37)14-3-5-22(28)32-8-14/h2-5,7-13H,6H2,1H3,(H,33,36,39). The van der Waals surface area contributed by atoms with Crippen molar-refractivity contribution >= 4 is 46.0 Å². The topological polar surface area (TPSA) is 102 Å². The summed E-state index contributed by atoms with van der Waals surface area (Å²) < 4.78 is 54.0. The van der Waals surface area contributed by atoms with Crippen molar-refractivity contribution < 1.29 is 27.2 Å². The lowest BCUT2D eigenvalue weighted by molar-refractivity contribution is -0.137. The molecule has 0 spiro atoms. The number of Topliss-reactive ketones (excluding diaryl/α,β-unsaturated/α-hetero) is 1. The fourth-order valence-electron chi connectivity index (χ4n) is 3.91. The maximum Gasteiger partial charge on any atom is 0.418 e. The average molecular weight is 589 g/mol. The predicted molar refractivity (Wildman–Crippen MR) is 140 cm³/mol. The van der Waals surface area contributed by atoms with Gasteiger partial charge in [-0.15, -0.1) is 11.3 Å². The molecule has 5 rings (SSSR count). The Bertz CT molecular complexity index is 1740. The second-order valence-electron chi connectivity index (χ2n) is 8.77. The number of ketones is 1. The molecule has 1 N–H and O–H groups in total. The van der Waals surface area contributed by atoms with Crippen molar-refractivity contribution in [2.24, 2.45) is 0 Å². The number of amides is 1. The van der Waals surface area contributed by atoms with E-state index in [1.165, 1.54) is 24.7 Å². The lowest BCUT2D eigenvalue weighted by Crippen LogP contribution is -2.13. The van der Waals surface area contributed by atoms with Gasteiger partial charge >= 0.3 is 6.18 Å². The molecule has 14 heteroatoms. The molecule has 1 atom stereocenters. The van der Waals surface area contributed by atoms with Crippen molar-refractivity contribution in [3.05, 3.63) is 93.3 Å². The zero-order chi connectivity index (χ0) is 28.6. The number of hydrogen-bond donors (Lipinski definition) is 1. The van der Waals surface area contributed by atoms with Crippen molar-refractivity contribution in [2.75, 3.05) is 5.32 Å². The number of pyridine rings is 3. The molecular weight excluding hydrogens is 572 g/mol. The summed E-state index contributed by atoms with van der Waals surface area (Å²) in [5, 5.41) is 6.50. The van der Waals surface area contributed by atoms with E-state index in [4.69, 9.17) is 11.6 Å². The summed E-state index contributed by atoms with van der Waals surface area (Å²) in [7, 11) is 0. The molecule has 8 nitrogen and oxygen atoms in total. The van der Waals surface area contributed by atoms with E-state index in [9.17, 15) is 27.2 Å². The largest absolute Gasteiger partial charge is 0.418 e. The Labute approximate surface area is 232 Å². The first-order valence-corrected chi connectivity index (χ1v) is 12.8. The first-order valence-electron chi connectivity index (χ1n) is 11.6. The molecule has 40 heavy (non-hydrogen) atoms.